The molecule has 19 heavy (non-hydrogen) atoms. The van der Waals surface area contributed by atoms with Gasteiger partial charge in [0.05, 0.1) is 5.56 Å². The number of para-hydroxylation sites is 1. The molecule has 0 aliphatic carbocycles. The van der Waals surface area contributed by atoms with Gasteiger partial charge in [-0.2, -0.15) is 0 Å². The Morgan fingerprint density at radius 1 is 1.05 bits per heavy atom. The first-order valence-corrected chi connectivity index (χ1v) is 7.20. The van der Waals surface area contributed by atoms with Crippen LogP contribution in [0.1, 0.15) is 27.0 Å². The number of aryl methyl sites for hydroxylation is 3. The summed E-state index contributed by atoms with van der Waals surface area (Å²) in [7, 11) is 0. The summed E-state index contributed by atoms with van der Waals surface area (Å²) in [5, 5.41) is 3.01. The van der Waals surface area contributed by atoms with E-state index in [-0.39, 0.29) is 5.91 Å². The van der Waals surface area contributed by atoms with Crippen LogP contribution in [0.2, 0.25) is 0 Å². The second-order valence-corrected chi connectivity index (χ2v) is 5.87. The number of carbonyl (C=O) groups excluding carboxylic acids is 1. The van der Waals surface area contributed by atoms with Crippen LogP contribution in [0.3, 0.4) is 0 Å². The van der Waals surface area contributed by atoms with Gasteiger partial charge in [-0.3, -0.25) is 4.79 Å². The summed E-state index contributed by atoms with van der Waals surface area (Å²) in [6.07, 6.45) is 0. The number of amides is 1. The van der Waals surface area contributed by atoms with Gasteiger partial charge in [0.2, 0.25) is 0 Å². The average Bonchev–Trinajstić information content (AvgIpc) is 2.33. The zero-order chi connectivity index (χ0) is 14.0. The topological polar surface area (TPSA) is 29.1 Å². The van der Waals surface area contributed by atoms with E-state index < -0.39 is 0 Å². The van der Waals surface area contributed by atoms with E-state index in [2.05, 4.69) is 27.9 Å². The van der Waals surface area contributed by atoms with Crippen molar-refractivity contribution in [3.63, 3.8) is 0 Å². The van der Waals surface area contributed by atoms with Crippen molar-refractivity contribution in [1.82, 2.24) is 0 Å². The number of benzene rings is 2. The molecule has 2 rings (SSSR count). The van der Waals surface area contributed by atoms with Gasteiger partial charge in [-0.25, -0.2) is 0 Å². The zero-order valence-electron chi connectivity index (χ0n) is 11.3. The SMILES string of the molecule is Cc1ccc(C(=O)Nc2c(C)cccc2C)c(I)c1. The number of carbonyl (C=O) groups is 1. The Balaban J connectivity index is 2.31. The molecule has 98 valence electrons. The van der Waals surface area contributed by atoms with E-state index in [0.717, 1.165) is 25.9 Å². The highest BCUT2D eigenvalue weighted by Crippen LogP contribution is 2.22. The van der Waals surface area contributed by atoms with Crippen LogP contribution in [0, 0.1) is 24.3 Å². The smallest absolute Gasteiger partial charge is 0.256 e. The van der Waals surface area contributed by atoms with Gasteiger partial charge in [0.1, 0.15) is 0 Å². The van der Waals surface area contributed by atoms with Gasteiger partial charge in [-0.05, 0) is 66.6 Å². The molecule has 0 atom stereocenters. The Hall–Kier alpha value is -1.36. The molecule has 2 nitrogen and oxygen atoms in total. The second-order valence-electron chi connectivity index (χ2n) is 4.70. The van der Waals surface area contributed by atoms with Crippen molar-refractivity contribution in [2.45, 2.75) is 20.8 Å². The normalized spacial score (nSPS) is 10.3. The van der Waals surface area contributed by atoms with E-state index in [1.165, 1.54) is 0 Å². The number of hydrogen-bond donors (Lipinski definition) is 1. The number of nitrogens with one attached hydrogen (secondary N) is 1. The Bertz CT molecular complexity index is 614. The molecule has 0 radical (unpaired) electrons. The maximum absolute atomic E-state index is 12.3. The number of hydrogen-bond acceptors (Lipinski definition) is 1. The van der Waals surface area contributed by atoms with E-state index >= 15 is 0 Å². The van der Waals surface area contributed by atoms with Crippen LogP contribution in [0.15, 0.2) is 36.4 Å². The predicted octanol–water partition coefficient (Wildman–Crippen LogP) is 4.47. The minimum atomic E-state index is -0.0539. The monoisotopic (exact) mass is 365 g/mol. The van der Waals surface area contributed by atoms with E-state index in [1.807, 2.05) is 57.2 Å². The molecule has 0 spiro atoms. The lowest BCUT2D eigenvalue weighted by Crippen LogP contribution is -2.15. The Morgan fingerprint density at radius 3 is 2.26 bits per heavy atom. The van der Waals surface area contributed by atoms with Gasteiger partial charge >= 0.3 is 0 Å². The predicted molar refractivity (Wildman–Crippen MR) is 87.8 cm³/mol. The molecule has 0 saturated heterocycles. The van der Waals surface area contributed by atoms with E-state index in [4.69, 9.17) is 0 Å². The van der Waals surface area contributed by atoms with Crippen LogP contribution >= 0.6 is 22.6 Å². The standard InChI is InChI=1S/C16H16INO/c1-10-7-8-13(14(17)9-10)16(19)18-15-11(2)5-4-6-12(15)3/h4-9H,1-3H3,(H,18,19). The summed E-state index contributed by atoms with van der Waals surface area (Å²) in [5.41, 5.74) is 4.94. The molecule has 3 heteroatoms. The summed E-state index contributed by atoms with van der Waals surface area (Å²) in [5.74, 6) is -0.0539. The van der Waals surface area contributed by atoms with Gasteiger partial charge in [0.25, 0.3) is 5.91 Å². The van der Waals surface area contributed by atoms with Crippen LogP contribution in [-0.2, 0) is 0 Å². The Labute approximate surface area is 127 Å². The lowest BCUT2D eigenvalue weighted by Gasteiger charge is -2.12. The summed E-state index contributed by atoms with van der Waals surface area (Å²) in [6.45, 7) is 6.03. The van der Waals surface area contributed by atoms with E-state index in [9.17, 15) is 4.79 Å². The third-order valence-electron chi connectivity index (χ3n) is 3.09. The molecule has 1 amide bonds. The molecular formula is C16H16INO. The van der Waals surface area contributed by atoms with Crippen molar-refractivity contribution in [2.75, 3.05) is 5.32 Å². The maximum Gasteiger partial charge on any atom is 0.256 e. The Kier molecular flexibility index (Phi) is 4.24. The first-order chi connectivity index (χ1) is 8.99. The third kappa shape index (κ3) is 3.15. The number of halogens is 1. The fourth-order valence-corrected chi connectivity index (χ4v) is 2.91. The lowest BCUT2D eigenvalue weighted by molar-refractivity contribution is 0.102. The Morgan fingerprint density at radius 2 is 1.68 bits per heavy atom. The van der Waals surface area contributed by atoms with E-state index in [0.29, 0.717) is 5.56 Å². The average molecular weight is 365 g/mol. The largest absolute Gasteiger partial charge is 0.321 e. The second kappa shape index (κ2) is 5.74. The van der Waals surface area contributed by atoms with Crippen molar-refractivity contribution in [1.29, 1.82) is 0 Å². The molecule has 0 saturated carbocycles. The minimum absolute atomic E-state index is 0.0539. The van der Waals surface area contributed by atoms with Crippen LogP contribution in [0.5, 0.6) is 0 Å². The first kappa shape index (κ1) is 14.1. The highest BCUT2D eigenvalue weighted by Gasteiger charge is 2.12. The molecule has 1 N–H and O–H groups in total. The van der Waals surface area contributed by atoms with Crippen LogP contribution in [-0.4, -0.2) is 5.91 Å². The molecule has 0 aliphatic rings. The number of rotatable bonds is 2. The summed E-state index contributed by atoms with van der Waals surface area (Å²) in [4.78, 5) is 12.3. The van der Waals surface area contributed by atoms with Crippen molar-refractivity contribution >= 4 is 34.2 Å². The van der Waals surface area contributed by atoms with Gasteiger partial charge in [-0.1, -0.05) is 29.8 Å². The summed E-state index contributed by atoms with van der Waals surface area (Å²) in [6, 6.07) is 11.9. The highest BCUT2D eigenvalue weighted by molar-refractivity contribution is 14.1. The minimum Gasteiger partial charge on any atom is -0.321 e. The van der Waals surface area contributed by atoms with E-state index in [1.54, 1.807) is 0 Å². The molecule has 2 aromatic carbocycles. The van der Waals surface area contributed by atoms with Crippen LogP contribution in [0.4, 0.5) is 5.69 Å². The van der Waals surface area contributed by atoms with Gasteiger partial charge in [0, 0.05) is 9.26 Å². The molecule has 0 fully saturated rings. The first-order valence-electron chi connectivity index (χ1n) is 6.13. The molecule has 0 heterocycles. The highest BCUT2D eigenvalue weighted by atomic mass is 127. The van der Waals surface area contributed by atoms with Gasteiger partial charge in [-0.15, -0.1) is 0 Å². The summed E-state index contributed by atoms with van der Waals surface area (Å²) >= 11 is 2.20. The molecule has 0 bridgehead atoms. The lowest BCUT2D eigenvalue weighted by atomic mass is 10.1. The third-order valence-corrected chi connectivity index (χ3v) is 3.98. The van der Waals surface area contributed by atoms with Crippen LogP contribution in [0.25, 0.3) is 0 Å². The summed E-state index contributed by atoms with van der Waals surface area (Å²) < 4.78 is 0.973. The maximum atomic E-state index is 12.3. The number of anilines is 1. The molecular weight excluding hydrogens is 349 g/mol. The van der Waals surface area contributed by atoms with Gasteiger partial charge in [0.15, 0.2) is 0 Å². The van der Waals surface area contributed by atoms with Crippen molar-refractivity contribution in [3.05, 3.63) is 62.2 Å². The molecule has 2 aromatic rings. The zero-order valence-corrected chi connectivity index (χ0v) is 13.4. The molecule has 0 aliphatic heterocycles. The molecule has 0 unspecified atom stereocenters. The van der Waals surface area contributed by atoms with Crippen molar-refractivity contribution in [3.8, 4) is 0 Å². The quantitative estimate of drug-likeness (QED) is 0.782. The van der Waals surface area contributed by atoms with Crippen molar-refractivity contribution < 1.29 is 4.79 Å². The van der Waals surface area contributed by atoms with Gasteiger partial charge < -0.3 is 5.32 Å². The van der Waals surface area contributed by atoms with Crippen LogP contribution < -0.4 is 5.32 Å². The molecule has 0 aromatic heterocycles. The fourth-order valence-electron chi connectivity index (χ4n) is 2.00. The van der Waals surface area contributed by atoms with Crippen molar-refractivity contribution in [2.24, 2.45) is 0 Å². The fraction of sp³-hybridized carbons (Fsp3) is 0.188.